The van der Waals surface area contributed by atoms with Crippen molar-refractivity contribution >= 4 is 5.82 Å². The summed E-state index contributed by atoms with van der Waals surface area (Å²) in [6.07, 6.45) is 2.69. The first-order chi connectivity index (χ1) is 7.09. The van der Waals surface area contributed by atoms with Crippen LogP contribution < -0.4 is 5.32 Å². The third-order valence-corrected chi connectivity index (χ3v) is 2.60. The number of pyridine rings is 1. The van der Waals surface area contributed by atoms with Crippen molar-refractivity contribution in [3.8, 4) is 0 Å². The fourth-order valence-corrected chi connectivity index (χ4v) is 1.33. The second-order valence-electron chi connectivity index (χ2n) is 3.87. The summed E-state index contributed by atoms with van der Waals surface area (Å²) in [6, 6.07) is 2.96. The van der Waals surface area contributed by atoms with Gasteiger partial charge in [0.25, 0.3) is 0 Å². The van der Waals surface area contributed by atoms with E-state index in [4.69, 9.17) is 5.11 Å². The Morgan fingerprint density at radius 3 is 2.73 bits per heavy atom. The zero-order valence-electron chi connectivity index (χ0n) is 9.13. The Kier molecular flexibility index (Phi) is 4.03. The average Bonchev–Trinajstić information content (AvgIpc) is 2.22. The molecule has 0 aliphatic heterocycles. The van der Waals surface area contributed by atoms with Crippen LogP contribution in [-0.4, -0.2) is 22.2 Å². The molecule has 0 saturated carbocycles. The zero-order valence-corrected chi connectivity index (χ0v) is 9.13. The minimum Gasteiger partial charge on any atom is -0.396 e. The van der Waals surface area contributed by atoms with Gasteiger partial charge in [-0.15, -0.1) is 0 Å². The maximum atomic E-state index is 12.6. The standard InChI is InChI=1S/C11H17FN2O/c1-3-11(2,6-7-15)14-10-5-4-9(12)8-13-10/h4-5,8,15H,3,6-7H2,1-2H3,(H,13,14). The Morgan fingerprint density at radius 1 is 1.53 bits per heavy atom. The first-order valence-corrected chi connectivity index (χ1v) is 5.10. The van der Waals surface area contributed by atoms with Gasteiger partial charge < -0.3 is 10.4 Å². The second-order valence-corrected chi connectivity index (χ2v) is 3.87. The maximum absolute atomic E-state index is 12.6. The summed E-state index contributed by atoms with van der Waals surface area (Å²) in [5.74, 6) is 0.287. The Morgan fingerprint density at radius 2 is 2.27 bits per heavy atom. The molecule has 1 aromatic heterocycles. The molecular formula is C11H17FN2O. The van der Waals surface area contributed by atoms with Gasteiger partial charge in [0.1, 0.15) is 11.6 Å². The Balaban J connectivity index is 2.70. The number of nitrogens with one attached hydrogen (secondary N) is 1. The maximum Gasteiger partial charge on any atom is 0.141 e. The molecule has 0 aliphatic rings. The molecule has 84 valence electrons. The van der Waals surface area contributed by atoms with Crippen LogP contribution in [0.3, 0.4) is 0 Å². The normalized spacial score (nSPS) is 14.7. The highest BCUT2D eigenvalue weighted by molar-refractivity contribution is 5.36. The van der Waals surface area contributed by atoms with Gasteiger partial charge in [-0.1, -0.05) is 6.92 Å². The molecule has 0 aliphatic carbocycles. The van der Waals surface area contributed by atoms with Crippen LogP contribution in [0.5, 0.6) is 0 Å². The smallest absolute Gasteiger partial charge is 0.141 e. The minimum absolute atomic E-state index is 0.124. The van der Waals surface area contributed by atoms with Crippen molar-refractivity contribution in [1.29, 1.82) is 0 Å². The van der Waals surface area contributed by atoms with Crippen LogP contribution in [0.25, 0.3) is 0 Å². The highest BCUT2D eigenvalue weighted by Gasteiger charge is 2.21. The minimum atomic E-state index is -0.346. The molecule has 0 bridgehead atoms. The summed E-state index contributed by atoms with van der Waals surface area (Å²) in [5, 5.41) is 12.1. The van der Waals surface area contributed by atoms with Gasteiger partial charge in [0.2, 0.25) is 0 Å². The van der Waals surface area contributed by atoms with Crippen molar-refractivity contribution < 1.29 is 9.50 Å². The Labute approximate surface area is 89.4 Å². The molecule has 0 saturated heterocycles. The van der Waals surface area contributed by atoms with E-state index >= 15 is 0 Å². The largest absolute Gasteiger partial charge is 0.396 e. The number of aliphatic hydroxyl groups excluding tert-OH is 1. The number of hydrogen-bond donors (Lipinski definition) is 2. The molecule has 3 nitrogen and oxygen atoms in total. The molecule has 0 spiro atoms. The zero-order chi connectivity index (χ0) is 11.3. The number of nitrogens with zero attached hydrogens (tertiary/aromatic N) is 1. The average molecular weight is 212 g/mol. The number of rotatable bonds is 5. The van der Waals surface area contributed by atoms with Crippen LogP contribution in [0.1, 0.15) is 26.7 Å². The van der Waals surface area contributed by atoms with Gasteiger partial charge in [0.15, 0.2) is 0 Å². The van der Waals surface area contributed by atoms with Crippen LogP contribution in [0.2, 0.25) is 0 Å². The molecular weight excluding hydrogens is 195 g/mol. The first-order valence-electron chi connectivity index (χ1n) is 5.10. The molecule has 1 heterocycles. The van der Waals surface area contributed by atoms with Crippen LogP contribution in [0, 0.1) is 5.82 Å². The van der Waals surface area contributed by atoms with Crippen LogP contribution >= 0.6 is 0 Å². The molecule has 0 aromatic carbocycles. The topological polar surface area (TPSA) is 45.1 Å². The van der Waals surface area contributed by atoms with Crippen molar-refractivity contribution in [2.75, 3.05) is 11.9 Å². The number of aromatic nitrogens is 1. The fourth-order valence-electron chi connectivity index (χ4n) is 1.33. The van der Waals surface area contributed by atoms with E-state index in [1.807, 2.05) is 13.8 Å². The van der Waals surface area contributed by atoms with E-state index in [1.165, 1.54) is 12.3 Å². The lowest BCUT2D eigenvalue weighted by atomic mass is 9.95. The van der Waals surface area contributed by atoms with Gasteiger partial charge in [0, 0.05) is 12.1 Å². The number of anilines is 1. The Hall–Kier alpha value is -1.16. The molecule has 0 amide bonds. The number of halogens is 1. The molecule has 2 N–H and O–H groups in total. The predicted octanol–water partition coefficient (Wildman–Crippen LogP) is 2.18. The SMILES string of the molecule is CCC(C)(CCO)Nc1ccc(F)cn1. The highest BCUT2D eigenvalue weighted by atomic mass is 19.1. The van der Waals surface area contributed by atoms with Crippen molar-refractivity contribution in [3.05, 3.63) is 24.1 Å². The summed E-state index contributed by atoms with van der Waals surface area (Å²) in [4.78, 5) is 3.93. The van der Waals surface area contributed by atoms with E-state index in [9.17, 15) is 4.39 Å². The van der Waals surface area contributed by atoms with Crippen LogP contribution in [0.4, 0.5) is 10.2 Å². The molecule has 1 rings (SSSR count). The summed E-state index contributed by atoms with van der Waals surface area (Å²) < 4.78 is 12.6. The van der Waals surface area contributed by atoms with Crippen LogP contribution in [-0.2, 0) is 0 Å². The molecule has 0 fully saturated rings. The summed E-state index contributed by atoms with van der Waals surface area (Å²) in [6.45, 7) is 4.17. The summed E-state index contributed by atoms with van der Waals surface area (Å²) >= 11 is 0. The van der Waals surface area contributed by atoms with Gasteiger partial charge in [-0.2, -0.15) is 0 Å². The van der Waals surface area contributed by atoms with E-state index in [0.29, 0.717) is 12.2 Å². The second kappa shape index (κ2) is 5.07. The van der Waals surface area contributed by atoms with Gasteiger partial charge >= 0.3 is 0 Å². The Bertz CT molecular complexity index is 302. The molecule has 1 unspecified atom stereocenters. The fraction of sp³-hybridized carbons (Fsp3) is 0.545. The van der Waals surface area contributed by atoms with Gasteiger partial charge in [0.05, 0.1) is 6.20 Å². The van der Waals surface area contributed by atoms with E-state index < -0.39 is 0 Å². The summed E-state index contributed by atoms with van der Waals surface area (Å²) in [7, 11) is 0. The molecule has 15 heavy (non-hydrogen) atoms. The molecule has 1 aromatic rings. The number of aliphatic hydroxyl groups is 1. The van der Waals surface area contributed by atoms with Crippen molar-refractivity contribution in [2.24, 2.45) is 0 Å². The van der Waals surface area contributed by atoms with Gasteiger partial charge in [-0.3, -0.25) is 0 Å². The van der Waals surface area contributed by atoms with Crippen molar-refractivity contribution in [1.82, 2.24) is 4.98 Å². The third kappa shape index (κ3) is 3.47. The lowest BCUT2D eigenvalue weighted by molar-refractivity contribution is 0.252. The van der Waals surface area contributed by atoms with Gasteiger partial charge in [-0.25, -0.2) is 9.37 Å². The van der Waals surface area contributed by atoms with E-state index in [-0.39, 0.29) is 18.0 Å². The van der Waals surface area contributed by atoms with Crippen molar-refractivity contribution in [2.45, 2.75) is 32.2 Å². The van der Waals surface area contributed by atoms with Crippen molar-refractivity contribution in [3.63, 3.8) is 0 Å². The molecule has 1 atom stereocenters. The highest BCUT2D eigenvalue weighted by Crippen LogP contribution is 2.20. The van der Waals surface area contributed by atoms with Gasteiger partial charge in [-0.05, 0) is 31.9 Å². The first kappa shape index (κ1) is 11.9. The van der Waals surface area contributed by atoms with Crippen LogP contribution in [0.15, 0.2) is 18.3 Å². The third-order valence-electron chi connectivity index (χ3n) is 2.60. The number of hydrogen-bond acceptors (Lipinski definition) is 3. The quantitative estimate of drug-likeness (QED) is 0.786. The monoisotopic (exact) mass is 212 g/mol. The summed E-state index contributed by atoms with van der Waals surface area (Å²) in [5.41, 5.74) is -0.195. The lowest BCUT2D eigenvalue weighted by Crippen LogP contribution is -2.35. The molecule has 0 radical (unpaired) electrons. The molecule has 4 heteroatoms. The lowest BCUT2D eigenvalue weighted by Gasteiger charge is -2.29. The van der Waals surface area contributed by atoms with E-state index in [2.05, 4.69) is 10.3 Å². The van der Waals surface area contributed by atoms with E-state index in [1.54, 1.807) is 6.07 Å². The van der Waals surface area contributed by atoms with E-state index in [0.717, 1.165) is 6.42 Å². The predicted molar refractivity (Wildman–Crippen MR) is 58.2 cm³/mol.